The van der Waals surface area contributed by atoms with Crippen molar-refractivity contribution in [2.45, 2.75) is 19.3 Å². The number of guanidine groups is 1. The van der Waals surface area contributed by atoms with Crippen molar-refractivity contribution in [1.82, 2.24) is 10.6 Å². The predicted molar refractivity (Wildman–Crippen MR) is 72.3 cm³/mol. The van der Waals surface area contributed by atoms with Gasteiger partial charge in [-0.15, -0.1) is 0 Å². The van der Waals surface area contributed by atoms with Crippen LogP contribution in [0.2, 0.25) is 0 Å². The molecule has 0 atom stereocenters. The van der Waals surface area contributed by atoms with Crippen LogP contribution in [-0.4, -0.2) is 32.2 Å². The van der Waals surface area contributed by atoms with E-state index in [2.05, 4.69) is 33.8 Å². The van der Waals surface area contributed by atoms with Gasteiger partial charge in [0.15, 0.2) is 5.96 Å². The first-order valence-corrected chi connectivity index (χ1v) is 6.68. The van der Waals surface area contributed by atoms with E-state index in [1.807, 2.05) is 0 Å². The Kier molecular flexibility index (Phi) is 3.35. The predicted octanol–water partition coefficient (Wildman–Crippen LogP) is 1.10. The van der Waals surface area contributed by atoms with Crippen LogP contribution in [0.1, 0.15) is 17.5 Å². The second-order valence-electron chi connectivity index (χ2n) is 4.73. The molecule has 2 N–H and O–H groups in total. The fraction of sp³-hybridized carbons (Fsp3) is 0.500. The van der Waals surface area contributed by atoms with E-state index in [1.54, 1.807) is 0 Å². The second kappa shape index (κ2) is 5.29. The molecule has 1 aromatic rings. The zero-order chi connectivity index (χ0) is 12.2. The lowest BCUT2D eigenvalue weighted by molar-refractivity contribution is 0.357. The van der Waals surface area contributed by atoms with E-state index in [0.717, 1.165) is 57.2 Å². The smallest absolute Gasteiger partial charge is 0.191 e. The number of nitrogens with zero attached hydrogens (tertiary/aromatic N) is 1. The molecule has 0 bridgehead atoms. The molecule has 0 aromatic heterocycles. The zero-order valence-electron chi connectivity index (χ0n) is 10.5. The van der Waals surface area contributed by atoms with E-state index in [1.165, 1.54) is 11.1 Å². The summed E-state index contributed by atoms with van der Waals surface area (Å²) >= 11 is 0. The summed E-state index contributed by atoms with van der Waals surface area (Å²) in [6.07, 6.45) is 3.20. The standard InChI is InChI=1S/C14H19N3O/c1-6-15-14(16-7-1)17-8-4-11-2-3-13-12(10-11)5-9-18-13/h2-3,10H,1,4-9H2,(H2,15,16,17). The Morgan fingerprint density at radius 1 is 1.39 bits per heavy atom. The van der Waals surface area contributed by atoms with Gasteiger partial charge in [0, 0.05) is 26.1 Å². The lowest BCUT2D eigenvalue weighted by Crippen LogP contribution is -2.41. The summed E-state index contributed by atoms with van der Waals surface area (Å²) in [5.74, 6) is 2.01. The van der Waals surface area contributed by atoms with Crippen LogP contribution in [0.3, 0.4) is 0 Å². The highest BCUT2D eigenvalue weighted by molar-refractivity contribution is 5.80. The van der Waals surface area contributed by atoms with Gasteiger partial charge in [0.25, 0.3) is 0 Å². The normalized spacial score (nSPS) is 17.4. The van der Waals surface area contributed by atoms with Crippen LogP contribution >= 0.6 is 0 Å². The summed E-state index contributed by atoms with van der Waals surface area (Å²) in [6, 6.07) is 6.51. The largest absolute Gasteiger partial charge is 0.493 e. The maximum atomic E-state index is 5.51. The van der Waals surface area contributed by atoms with Gasteiger partial charge in [-0.2, -0.15) is 0 Å². The number of hydrogen-bond acceptors (Lipinski definition) is 4. The Bertz CT molecular complexity index is 456. The lowest BCUT2D eigenvalue weighted by Gasteiger charge is -2.16. The molecule has 2 heterocycles. The van der Waals surface area contributed by atoms with Gasteiger partial charge in [-0.25, -0.2) is 0 Å². The van der Waals surface area contributed by atoms with Crippen molar-refractivity contribution in [1.29, 1.82) is 0 Å². The molecule has 0 saturated carbocycles. The number of rotatable bonds is 3. The highest BCUT2D eigenvalue weighted by atomic mass is 16.5. The molecule has 0 radical (unpaired) electrons. The number of fused-ring (bicyclic) bond motifs is 1. The molecule has 0 fully saturated rings. The highest BCUT2D eigenvalue weighted by Gasteiger charge is 2.11. The van der Waals surface area contributed by atoms with Crippen molar-refractivity contribution in [2.24, 2.45) is 4.99 Å². The quantitative estimate of drug-likeness (QED) is 0.838. The summed E-state index contributed by atoms with van der Waals surface area (Å²) in [6.45, 7) is 3.72. The maximum Gasteiger partial charge on any atom is 0.191 e. The summed E-state index contributed by atoms with van der Waals surface area (Å²) in [7, 11) is 0. The van der Waals surface area contributed by atoms with Crippen LogP contribution in [-0.2, 0) is 12.8 Å². The minimum absolute atomic E-state index is 0.831. The molecule has 96 valence electrons. The van der Waals surface area contributed by atoms with Gasteiger partial charge in [-0.1, -0.05) is 12.1 Å². The molecule has 4 nitrogen and oxygen atoms in total. The average molecular weight is 245 g/mol. The number of ether oxygens (including phenoxy) is 1. The fourth-order valence-corrected chi connectivity index (χ4v) is 2.37. The Morgan fingerprint density at radius 3 is 3.28 bits per heavy atom. The summed E-state index contributed by atoms with van der Waals surface area (Å²) in [5, 5.41) is 6.61. The summed E-state index contributed by atoms with van der Waals surface area (Å²) in [5.41, 5.74) is 2.71. The molecular formula is C14H19N3O. The van der Waals surface area contributed by atoms with Gasteiger partial charge < -0.3 is 15.4 Å². The van der Waals surface area contributed by atoms with Crippen molar-refractivity contribution in [3.8, 4) is 5.75 Å². The summed E-state index contributed by atoms with van der Waals surface area (Å²) in [4.78, 5) is 4.39. The molecule has 0 spiro atoms. The molecule has 0 saturated heterocycles. The van der Waals surface area contributed by atoms with Crippen LogP contribution in [0.4, 0.5) is 0 Å². The number of nitrogens with one attached hydrogen (secondary N) is 2. The molecule has 1 aromatic carbocycles. The van der Waals surface area contributed by atoms with Crippen molar-refractivity contribution in [2.75, 3.05) is 26.2 Å². The average Bonchev–Trinajstić information content (AvgIpc) is 2.87. The van der Waals surface area contributed by atoms with Gasteiger partial charge in [-0.05, 0) is 30.0 Å². The van der Waals surface area contributed by atoms with Crippen LogP contribution in [0.15, 0.2) is 23.2 Å². The Hall–Kier alpha value is -1.71. The van der Waals surface area contributed by atoms with Crippen LogP contribution in [0, 0.1) is 0 Å². The molecule has 18 heavy (non-hydrogen) atoms. The van der Waals surface area contributed by atoms with E-state index in [-0.39, 0.29) is 0 Å². The number of aliphatic imine (C=N–C) groups is 1. The first-order chi connectivity index (χ1) is 8.92. The SMILES string of the molecule is c1cc2c(cc1CCNC1=NCCCN1)CCO2. The first kappa shape index (κ1) is 11.4. The Morgan fingerprint density at radius 2 is 2.39 bits per heavy atom. The lowest BCUT2D eigenvalue weighted by atomic mass is 10.1. The zero-order valence-corrected chi connectivity index (χ0v) is 10.5. The monoisotopic (exact) mass is 245 g/mol. The van der Waals surface area contributed by atoms with Crippen molar-refractivity contribution >= 4 is 5.96 Å². The number of hydrogen-bond donors (Lipinski definition) is 2. The Labute approximate surface area is 107 Å². The van der Waals surface area contributed by atoms with E-state index in [4.69, 9.17) is 4.74 Å². The van der Waals surface area contributed by atoms with E-state index in [9.17, 15) is 0 Å². The van der Waals surface area contributed by atoms with E-state index < -0.39 is 0 Å². The van der Waals surface area contributed by atoms with Crippen molar-refractivity contribution in [3.63, 3.8) is 0 Å². The molecular weight excluding hydrogens is 226 g/mol. The van der Waals surface area contributed by atoms with Gasteiger partial charge in [0.2, 0.25) is 0 Å². The minimum atomic E-state index is 0.831. The fourth-order valence-electron chi connectivity index (χ4n) is 2.37. The minimum Gasteiger partial charge on any atom is -0.493 e. The molecule has 4 heteroatoms. The third kappa shape index (κ3) is 2.58. The van der Waals surface area contributed by atoms with Crippen LogP contribution in [0.25, 0.3) is 0 Å². The molecule has 0 aliphatic carbocycles. The van der Waals surface area contributed by atoms with E-state index in [0.29, 0.717) is 0 Å². The van der Waals surface area contributed by atoms with Crippen LogP contribution in [0.5, 0.6) is 5.75 Å². The number of benzene rings is 1. The maximum absolute atomic E-state index is 5.51. The third-order valence-corrected chi connectivity index (χ3v) is 3.36. The first-order valence-electron chi connectivity index (χ1n) is 6.68. The molecule has 0 amide bonds. The topological polar surface area (TPSA) is 45.7 Å². The van der Waals surface area contributed by atoms with Gasteiger partial charge >= 0.3 is 0 Å². The van der Waals surface area contributed by atoms with Crippen LogP contribution < -0.4 is 15.4 Å². The van der Waals surface area contributed by atoms with Gasteiger partial charge in [0.05, 0.1) is 6.61 Å². The molecule has 0 unspecified atom stereocenters. The second-order valence-corrected chi connectivity index (χ2v) is 4.73. The molecule has 2 aliphatic heterocycles. The van der Waals surface area contributed by atoms with Crippen molar-refractivity contribution < 1.29 is 4.74 Å². The molecule has 2 aliphatic rings. The van der Waals surface area contributed by atoms with Gasteiger partial charge in [-0.3, -0.25) is 4.99 Å². The molecule has 3 rings (SSSR count). The third-order valence-electron chi connectivity index (χ3n) is 3.36. The van der Waals surface area contributed by atoms with E-state index >= 15 is 0 Å². The van der Waals surface area contributed by atoms with Crippen molar-refractivity contribution in [3.05, 3.63) is 29.3 Å². The highest BCUT2D eigenvalue weighted by Crippen LogP contribution is 2.25. The van der Waals surface area contributed by atoms with Gasteiger partial charge in [0.1, 0.15) is 5.75 Å². The Balaban J connectivity index is 1.52. The summed E-state index contributed by atoms with van der Waals surface area (Å²) < 4.78 is 5.51.